The summed E-state index contributed by atoms with van der Waals surface area (Å²) in [5.74, 6) is -3.38. The topological polar surface area (TPSA) is 118 Å². The van der Waals surface area contributed by atoms with Crippen molar-refractivity contribution in [3.8, 4) is 0 Å². The molecular formula is C13H12FN3O5S. The number of carboxylic acid groups (broad SMARTS) is 1. The summed E-state index contributed by atoms with van der Waals surface area (Å²) in [6.45, 7) is 0. The second-order valence-electron chi connectivity index (χ2n) is 4.51. The van der Waals surface area contributed by atoms with Gasteiger partial charge >= 0.3 is 5.97 Å². The summed E-state index contributed by atoms with van der Waals surface area (Å²) in [5.41, 5.74) is 1.41. The lowest BCUT2D eigenvalue weighted by Gasteiger charge is -2.09. The molecule has 0 radical (unpaired) electrons. The number of hydrazine groups is 1. The molecule has 1 aromatic carbocycles. The lowest BCUT2D eigenvalue weighted by molar-refractivity contribution is 0.0691. The maximum absolute atomic E-state index is 13.3. The zero-order valence-corrected chi connectivity index (χ0v) is 12.6. The first kappa shape index (κ1) is 16.6. The Hall–Kier alpha value is -2.72. The van der Waals surface area contributed by atoms with Crippen LogP contribution in [-0.2, 0) is 17.1 Å². The molecule has 23 heavy (non-hydrogen) atoms. The predicted octanol–water partition coefficient (Wildman–Crippen LogP) is 0.486. The van der Waals surface area contributed by atoms with Gasteiger partial charge in [-0.3, -0.25) is 10.2 Å². The Morgan fingerprint density at radius 2 is 1.96 bits per heavy atom. The van der Waals surface area contributed by atoms with E-state index in [0.717, 1.165) is 12.1 Å². The van der Waals surface area contributed by atoms with Crippen molar-refractivity contribution in [2.24, 2.45) is 7.05 Å². The summed E-state index contributed by atoms with van der Waals surface area (Å²) < 4.78 is 38.8. The van der Waals surface area contributed by atoms with E-state index in [4.69, 9.17) is 5.11 Å². The molecule has 0 aliphatic rings. The molecule has 0 atom stereocenters. The molecule has 1 amide bonds. The molecule has 10 heteroatoms. The smallest absolute Gasteiger partial charge is 0.338 e. The van der Waals surface area contributed by atoms with Crippen molar-refractivity contribution in [2.45, 2.75) is 4.90 Å². The molecule has 0 saturated carbocycles. The van der Waals surface area contributed by atoms with Crippen LogP contribution >= 0.6 is 0 Å². The number of aryl methyl sites for hydroxylation is 1. The zero-order chi connectivity index (χ0) is 17.2. The second-order valence-corrected chi connectivity index (χ2v) is 6.19. The Balaban J connectivity index is 2.20. The van der Waals surface area contributed by atoms with Gasteiger partial charge in [-0.25, -0.2) is 17.6 Å². The Morgan fingerprint density at radius 1 is 1.26 bits per heavy atom. The number of aromatic nitrogens is 1. The maximum Gasteiger partial charge on any atom is 0.338 e. The highest BCUT2D eigenvalue weighted by molar-refractivity contribution is 7.89. The van der Waals surface area contributed by atoms with Crippen molar-refractivity contribution in [1.29, 1.82) is 0 Å². The average molecular weight is 341 g/mol. The summed E-state index contributed by atoms with van der Waals surface area (Å²) >= 11 is 0. The van der Waals surface area contributed by atoms with E-state index in [0.29, 0.717) is 6.07 Å². The summed E-state index contributed by atoms with van der Waals surface area (Å²) in [6.07, 6.45) is 1.60. The molecule has 0 fully saturated rings. The van der Waals surface area contributed by atoms with Gasteiger partial charge in [-0.15, -0.1) is 4.83 Å². The van der Waals surface area contributed by atoms with Crippen molar-refractivity contribution < 1.29 is 27.5 Å². The molecular weight excluding hydrogens is 329 g/mol. The Morgan fingerprint density at radius 3 is 2.52 bits per heavy atom. The highest BCUT2D eigenvalue weighted by Crippen LogP contribution is 2.14. The minimum absolute atomic E-state index is 0.207. The number of nitrogens with zero attached hydrogens (tertiary/aromatic N) is 1. The van der Waals surface area contributed by atoms with Crippen LogP contribution in [0, 0.1) is 5.82 Å². The molecule has 0 bridgehead atoms. The molecule has 1 aromatic heterocycles. The number of amides is 1. The first-order valence-corrected chi connectivity index (χ1v) is 7.67. The number of halogens is 1. The van der Waals surface area contributed by atoms with E-state index in [1.165, 1.54) is 10.6 Å². The lowest BCUT2D eigenvalue weighted by atomic mass is 10.2. The van der Waals surface area contributed by atoms with Crippen molar-refractivity contribution in [1.82, 2.24) is 14.8 Å². The van der Waals surface area contributed by atoms with Crippen LogP contribution in [0.5, 0.6) is 0 Å². The molecule has 8 nitrogen and oxygen atoms in total. The van der Waals surface area contributed by atoms with E-state index in [1.54, 1.807) is 19.3 Å². The van der Waals surface area contributed by atoms with Crippen LogP contribution in [0.15, 0.2) is 41.4 Å². The largest absolute Gasteiger partial charge is 0.478 e. The standard InChI is InChI=1S/C13H12FN3O5S/c1-17-6-2-3-11(17)12(18)15-16-23(21,22)8-4-5-10(14)9(7-8)13(19)20/h2-7,16H,1H3,(H,15,18)(H,19,20). The minimum Gasteiger partial charge on any atom is -0.478 e. The number of carboxylic acids is 1. The van der Waals surface area contributed by atoms with E-state index in [-0.39, 0.29) is 5.69 Å². The predicted molar refractivity (Wildman–Crippen MR) is 76.6 cm³/mol. The third kappa shape index (κ3) is 3.55. The average Bonchev–Trinajstić information content (AvgIpc) is 2.91. The van der Waals surface area contributed by atoms with Crippen molar-refractivity contribution >= 4 is 21.9 Å². The van der Waals surface area contributed by atoms with Crippen LogP contribution in [0.1, 0.15) is 20.8 Å². The molecule has 2 aromatic rings. The van der Waals surface area contributed by atoms with E-state index in [1.807, 2.05) is 10.3 Å². The quantitative estimate of drug-likeness (QED) is 0.684. The van der Waals surface area contributed by atoms with Gasteiger partial charge in [-0.2, -0.15) is 0 Å². The normalized spacial score (nSPS) is 11.2. The van der Waals surface area contributed by atoms with Gasteiger partial charge in [0.15, 0.2) is 0 Å². The van der Waals surface area contributed by atoms with Gasteiger partial charge < -0.3 is 9.67 Å². The number of benzene rings is 1. The summed E-state index contributed by atoms with van der Waals surface area (Å²) in [6, 6.07) is 5.34. The fraction of sp³-hybridized carbons (Fsp3) is 0.0769. The van der Waals surface area contributed by atoms with Gasteiger partial charge in [0.25, 0.3) is 15.9 Å². The van der Waals surface area contributed by atoms with Crippen molar-refractivity contribution in [2.75, 3.05) is 0 Å². The minimum atomic E-state index is -4.25. The molecule has 0 spiro atoms. The van der Waals surface area contributed by atoms with Gasteiger partial charge in [0.2, 0.25) is 0 Å². The Labute approximate surface area is 130 Å². The molecule has 3 N–H and O–H groups in total. The number of nitrogens with one attached hydrogen (secondary N) is 2. The van der Waals surface area contributed by atoms with Crippen LogP contribution in [0.3, 0.4) is 0 Å². The Bertz CT molecular complexity index is 875. The lowest BCUT2D eigenvalue weighted by Crippen LogP contribution is -2.42. The fourth-order valence-corrected chi connectivity index (χ4v) is 2.63. The molecule has 0 aliphatic carbocycles. The highest BCUT2D eigenvalue weighted by atomic mass is 32.2. The van der Waals surface area contributed by atoms with Crippen LogP contribution in [0.4, 0.5) is 4.39 Å². The molecule has 0 unspecified atom stereocenters. The van der Waals surface area contributed by atoms with Crippen LogP contribution in [-0.4, -0.2) is 30.0 Å². The van der Waals surface area contributed by atoms with Crippen LogP contribution < -0.4 is 10.3 Å². The van der Waals surface area contributed by atoms with Gasteiger partial charge in [0, 0.05) is 13.2 Å². The van der Waals surface area contributed by atoms with Crippen LogP contribution in [0.2, 0.25) is 0 Å². The first-order valence-electron chi connectivity index (χ1n) is 6.18. The number of hydrogen-bond donors (Lipinski definition) is 3. The van der Waals surface area contributed by atoms with E-state index in [9.17, 15) is 22.4 Å². The van der Waals surface area contributed by atoms with Gasteiger partial charge in [0.05, 0.1) is 10.5 Å². The SMILES string of the molecule is Cn1cccc1C(=O)NNS(=O)(=O)c1ccc(F)c(C(=O)O)c1. The summed E-state index contributed by atoms with van der Waals surface area (Å²) in [4.78, 5) is 24.0. The third-order valence-electron chi connectivity index (χ3n) is 2.95. The van der Waals surface area contributed by atoms with Crippen molar-refractivity contribution in [3.05, 3.63) is 53.6 Å². The summed E-state index contributed by atoms with van der Waals surface area (Å²) in [5, 5.41) is 8.80. The molecule has 0 saturated heterocycles. The van der Waals surface area contributed by atoms with E-state index in [2.05, 4.69) is 0 Å². The van der Waals surface area contributed by atoms with Gasteiger partial charge in [-0.05, 0) is 30.3 Å². The van der Waals surface area contributed by atoms with Crippen molar-refractivity contribution in [3.63, 3.8) is 0 Å². The van der Waals surface area contributed by atoms with E-state index < -0.39 is 38.2 Å². The first-order chi connectivity index (χ1) is 10.7. The number of rotatable bonds is 5. The fourth-order valence-electron chi connectivity index (χ4n) is 1.77. The Kier molecular flexibility index (Phi) is 4.48. The molecule has 122 valence electrons. The monoisotopic (exact) mass is 341 g/mol. The van der Waals surface area contributed by atoms with Gasteiger partial charge in [0.1, 0.15) is 11.5 Å². The highest BCUT2D eigenvalue weighted by Gasteiger charge is 2.20. The number of sulfonamides is 1. The molecule has 2 rings (SSSR count). The maximum atomic E-state index is 13.3. The number of hydrogen-bond acceptors (Lipinski definition) is 4. The number of carbonyl (C=O) groups excluding carboxylic acids is 1. The van der Waals surface area contributed by atoms with Crippen LogP contribution in [0.25, 0.3) is 0 Å². The number of aromatic carboxylic acids is 1. The van der Waals surface area contributed by atoms with E-state index >= 15 is 0 Å². The van der Waals surface area contributed by atoms with Gasteiger partial charge in [-0.1, -0.05) is 0 Å². The zero-order valence-electron chi connectivity index (χ0n) is 11.8. The second kappa shape index (κ2) is 6.18. The molecule has 0 aliphatic heterocycles. The number of carbonyl (C=O) groups is 2. The summed E-state index contributed by atoms with van der Waals surface area (Å²) in [7, 11) is -2.65. The third-order valence-corrected chi connectivity index (χ3v) is 4.20. The molecule has 1 heterocycles.